The van der Waals surface area contributed by atoms with Crippen LogP contribution in [0.25, 0.3) is 0 Å². The molecular weight excluding hydrogens is 176 g/mol. The zero-order chi connectivity index (χ0) is 11.1. The number of rotatable bonds is 4. The van der Waals surface area contributed by atoms with Gasteiger partial charge in [0.2, 0.25) is 0 Å². The minimum Gasteiger partial charge on any atom is -0.148 e. The van der Waals surface area contributed by atoms with Crippen LogP contribution in [0.4, 0.5) is 0 Å². The molecule has 0 aromatic carbocycles. The SMILES string of the molecule is C=C(S)[C@H](CC)C(C)(C)CC.CC. The summed E-state index contributed by atoms with van der Waals surface area (Å²) in [7, 11) is 0. The summed E-state index contributed by atoms with van der Waals surface area (Å²) in [5, 5.41) is 0. The maximum Gasteiger partial charge on any atom is -0.00618 e. The van der Waals surface area contributed by atoms with E-state index in [9.17, 15) is 0 Å². The second-order valence-corrected chi connectivity index (χ2v) is 4.37. The van der Waals surface area contributed by atoms with E-state index >= 15 is 0 Å². The normalized spacial score (nSPS) is 12.8. The Kier molecular flexibility index (Phi) is 8.96. The van der Waals surface area contributed by atoms with Crippen molar-refractivity contribution in [1.29, 1.82) is 0 Å². The number of hydrogen-bond acceptors (Lipinski definition) is 1. The van der Waals surface area contributed by atoms with Crippen molar-refractivity contribution in [1.82, 2.24) is 0 Å². The van der Waals surface area contributed by atoms with Gasteiger partial charge >= 0.3 is 0 Å². The van der Waals surface area contributed by atoms with E-state index in [1.165, 1.54) is 6.42 Å². The molecule has 0 radical (unpaired) electrons. The van der Waals surface area contributed by atoms with Crippen molar-refractivity contribution in [3.63, 3.8) is 0 Å². The second kappa shape index (κ2) is 7.49. The summed E-state index contributed by atoms with van der Waals surface area (Å²) in [6, 6.07) is 0. The molecule has 0 bridgehead atoms. The van der Waals surface area contributed by atoms with E-state index in [-0.39, 0.29) is 0 Å². The van der Waals surface area contributed by atoms with E-state index < -0.39 is 0 Å². The second-order valence-electron chi connectivity index (χ2n) is 3.79. The van der Waals surface area contributed by atoms with Crippen molar-refractivity contribution in [2.45, 2.75) is 54.4 Å². The first-order valence-corrected chi connectivity index (χ1v) is 5.78. The third kappa shape index (κ3) is 5.41. The van der Waals surface area contributed by atoms with Crippen LogP contribution in [0.1, 0.15) is 54.4 Å². The van der Waals surface area contributed by atoms with Crippen molar-refractivity contribution in [3.8, 4) is 0 Å². The van der Waals surface area contributed by atoms with Gasteiger partial charge in [-0.15, -0.1) is 12.6 Å². The molecule has 0 rings (SSSR count). The molecule has 0 nitrogen and oxygen atoms in total. The molecule has 0 aromatic heterocycles. The Morgan fingerprint density at radius 2 is 1.69 bits per heavy atom. The van der Waals surface area contributed by atoms with E-state index in [0.717, 1.165) is 11.3 Å². The Bertz CT molecular complexity index is 136. The fourth-order valence-electron chi connectivity index (χ4n) is 1.49. The van der Waals surface area contributed by atoms with Crippen LogP contribution in [0.3, 0.4) is 0 Å². The van der Waals surface area contributed by atoms with Crippen LogP contribution < -0.4 is 0 Å². The van der Waals surface area contributed by atoms with Gasteiger partial charge in [-0.2, -0.15) is 0 Å². The molecule has 0 fully saturated rings. The highest BCUT2D eigenvalue weighted by Gasteiger charge is 2.26. The van der Waals surface area contributed by atoms with Crippen LogP contribution >= 0.6 is 12.6 Å². The minimum absolute atomic E-state index is 0.355. The average molecular weight is 202 g/mol. The van der Waals surface area contributed by atoms with Crippen molar-refractivity contribution in [2.24, 2.45) is 11.3 Å². The van der Waals surface area contributed by atoms with Gasteiger partial charge in [0, 0.05) is 0 Å². The molecule has 0 aliphatic carbocycles. The summed E-state index contributed by atoms with van der Waals surface area (Å²) in [5.41, 5.74) is 0.355. The molecule has 0 aliphatic rings. The zero-order valence-electron chi connectivity index (χ0n) is 10.1. The predicted octanol–water partition coefficient (Wildman–Crippen LogP) is 4.92. The maximum absolute atomic E-state index is 4.33. The Labute approximate surface area is 90.2 Å². The van der Waals surface area contributed by atoms with Gasteiger partial charge in [-0.25, -0.2) is 0 Å². The van der Waals surface area contributed by atoms with Gasteiger partial charge in [-0.1, -0.05) is 54.5 Å². The largest absolute Gasteiger partial charge is 0.148 e. The fraction of sp³-hybridized carbons (Fsp3) is 0.833. The number of hydrogen-bond donors (Lipinski definition) is 1. The summed E-state index contributed by atoms with van der Waals surface area (Å²) in [4.78, 5) is 1.03. The van der Waals surface area contributed by atoms with Crippen LogP contribution in [-0.4, -0.2) is 0 Å². The van der Waals surface area contributed by atoms with Gasteiger partial charge in [0.15, 0.2) is 0 Å². The summed E-state index contributed by atoms with van der Waals surface area (Å²) in [6.07, 6.45) is 2.33. The van der Waals surface area contributed by atoms with E-state index in [1.54, 1.807) is 0 Å². The molecule has 0 unspecified atom stereocenters. The van der Waals surface area contributed by atoms with Gasteiger partial charge < -0.3 is 0 Å². The molecule has 1 atom stereocenters. The van der Waals surface area contributed by atoms with Gasteiger partial charge in [-0.05, 0) is 22.7 Å². The summed E-state index contributed by atoms with van der Waals surface area (Å²) >= 11 is 4.33. The smallest absolute Gasteiger partial charge is 0.00618 e. The molecule has 1 heteroatoms. The highest BCUT2D eigenvalue weighted by Crippen LogP contribution is 2.38. The first-order valence-electron chi connectivity index (χ1n) is 5.33. The third-order valence-electron chi connectivity index (χ3n) is 2.67. The van der Waals surface area contributed by atoms with Crippen LogP contribution in [0.2, 0.25) is 0 Å². The first-order chi connectivity index (χ1) is 5.95. The molecule has 0 saturated heterocycles. The highest BCUT2D eigenvalue weighted by molar-refractivity contribution is 7.84. The van der Waals surface area contributed by atoms with Gasteiger partial charge in [0.05, 0.1) is 0 Å². The summed E-state index contributed by atoms with van der Waals surface area (Å²) < 4.78 is 0. The predicted molar refractivity (Wildman–Crippen MR) is 67.3 cm³/mol. The fourth-order valence-corrected chi connectivity index (χ4v) is 2.02. The van der Waals surface area contributed by atoms with E-state index in [4.69, 9.17) is 0 Å². The lowest BCUT2D eigenvalue weighted by Crippen LogP contribution is -2.22. The molecule has 0 aromatic rings. The third-order valence-corrected chi connectivity index (χ3v) is 2.98. The molecule has 0 amide bonds. The summed E-state index contributed by atoms with van der Waals surface area (Å²) in [5.74, 6) is 0.552. The van der Waals surface area contributed by atoms with Crippen LogP contribution in [-0.2, 0) is 0 Å². The van der Waals surface area contributed by atoms with Crippen molar-refractivity contribution >= 4 is 12.6 Å². The lowest BCUT2D eigenvalue weighted by molar-refractivity contribution is 0.240. The Hall–Kier alpha value is 0.0900. The molecule has 13 heavy (non-hydrogen) atoms. The molecular formula is C12H26S. The molecule has 0 saturated carbocycles. The molecule has 0 spiro atoms. The molecule has 0 N–H and O–H groups in total. The highest BCUT2D eigenvalue weighted by atomic mass is 32.1. The van der Waals surface area contributed by atoms with Crippen molar-refractivity contribution in [2.75, 3.05) is 0 Å². The molecule has 80 valence electrons. The monoisotopic (exact) mass is 202 g/mol. The summed E-state index contributed by atoms with van der Waals surface area (Å²) in [6.45, 7) is 16.9. The molecule has 0 aliphatic heterocycles. The lowest BCUT2D eigenvalue weighted by atomic mass is 9.75. The lowest BCUT2D eigenvalue weighted by Gasteiger charge is -2.32. The Balaban J connectivity index is 0. The van der Waals surface area contributed by atoms with Crippen molar-refractivity contribution < 1.29 is 0 Å². The van der Waals surface area contributed by atoms with Gasteiger partial charge in [-0.3, -0.25) is 0 Å². The van der Waals surface area contributed by atoms with Crippen LogP contribution in [0, 0.1) is 11.3 Å². The molecule has 0 heterocycles. The zero-order valence-corrected chi connectivity index (χ0v) is 11.0. The van der Waals surface area contributed by atoms with Gasteiger partial charge in [0.1, 0.15) is 0 Å². The Morgan fingerprint density at radius 1 is 1.31 bits per heavy atom. The number of thiol groups is 1. The quantitative estimate of drug-likeness (QED) is 0.615. The standard InChI is InChI=1S/C10H20S.C2H6/c1-6-9(8(3)11)10(4,5)7-2;1-2/h9,11H,3,6-7H2,1-2,4-5H3;1-2H3/t9-;/m0./s1. The number of allylic oxidation sites excluding steroid dienone is 1. The maximum atomic E-state index is 4.33. The first kappa shape index (κ1) is 15.6. The van der Waals surface area contributed by atoms with E-state index in [1.807, 2.05) is 13.8 Å². The topological polar surface area (TPSA) is 0 Å². The Morgan fingerprint density at radius 3 is 1.77 bits per heavy atom. The van der Waals surface area contributed by atoms with E-state index in [2.05, 4.69) is 46.9 Å². The van der Waals surface area contributed by atoms with Crippen molar-refractivity contribution in [3.05, 3.63) is 11.5 Å². The minimum atomic E-state index is 0.355. The van der Waals surface area contributed by atoms with E-state index in [0.29, 0.717) is 11.3 Å². The van der Waals surface area contributed by atoms with Gasteiger partial charge in [0.25, 0.3) is 0 Å². The van der Waals surface area contributed by atoms with Crippen LogP contribution in [0.15, 0.2) is 11.5 Å². The van der Waals surface area contributed by atoms with Crippen LogP contribution in [0.5, 0.6) is 0 Å². The average Bonchev–Trinajstić information content (AvgIpc) is 2.08.